The number of carbonyl (C=O) groups excluding carboxylic acids is 1. The molecule has 8 heteroatoms. The standard InChI is InChI=1S/C31H39N5O3/c1-20-17-35(26-16-28(37)33(5)29-25(26)7-6-12-32-29)19-27-24-9-8-22(15-23(24)18-36(20)27)21-10-13-34(14-11-21)30(38)39-31(2,3)4/h6-9,12,15-16,20-21,27H,10-11,13-14,17-19H2,1-5H3/t20-,27-/m1/s1. The molecule has 2 saturated heterocycles. The lowest BCUT2D eigenvalue weighted by Gasteiger charge is -2.43. The molecule has 39 heavy (non-hydrogen) atoms. The summed E-state index contributed by atoms with van der Waals surface area (Å²) in [6.07, 6.45) is 3.46. The summed E-state index contributed by atoms with van der Waals surface area (Å²) >= 11 is 0. The summed E-state index contributed by atoms with van der Waals surface area (Å²) in [5, 5.41) is 1.02. The molecule has 5 heterocycles. The van der Waals surface area contributed by atoms with Gasteiger partial charge in [0.15, 0.2) is 0 Å². The topological polar surface area (TPSA) is 70.9 Å². The molecule has 0 N–H and O–H groups in total. The molecule has 0 radical (unpaired) electrons. The fraction of sp³-hybridized carbons (Fsp3) is 0.516. The van der Waals surface area contributed by atoms with E-state index in [0.717, 1.165) is 62.3 Å². The smallest absolute Gasteiger partial charge is 0.410 e. The van der Waals surface area contributed by atoms with Crippen molar-refractivity contribution in [1.29, 1.82) is 0 Å². The van der Waals surface area contributed by atoms with Gasteiger partial charge in [0.2, 0.25) is 0 Å². The summed E-state index contributed by atoms with van der Waals surface area (Å²) in [5.74, 6) is 0.458. The molecule has 3 aliphatic rings. The molecule has 0 saturated carbocycles. The molecule has 1 amide bonds. The molecule has 3 aliphatic heterocycles. The number of piperidine rings is 1. The van der Waals surface area contributed by atoms with E-state index in [2.05, 4.69) is 46.0 Å². The summed E-state index contributed by atoms with van der Waals surface area (Å²) in [7, 11) is 1.79. The van der Waals surface area contributed by atoms with E-state index in [-0.39, 0.29) is 11.7 Å². The van der Waals surface area contributed by atoms with Crippen LogP contribution in [0.5, 0.6) is 0 Å². The molecule has 0 bridgehead atoms. The van der Waals surface area contributed by atoms with Gasteiger partial charge in [-0.2, -0.15) is 0 Å². The summed E-state index contributed by atoms with van der Waals surface area (Å²) in [4.78, 5) is 36.6. The first-order valence-electron chi connectivity index (χ1n) is 14.1. The zero-order valence-corrected chi connectivity index (χ0v) is 23.7. The number of anilines is 1. The number of amides is 1. The van der Waals surface area contributed by atoms with Gasteiger partial charge < -0.3 is 14.5 Å². The lowest BCUT2D eigenvalue weighted by Crippen LogP contribution is -2.51. The number of aromatic nitrogens is 2. The summed E-state index contributed by atoms with van der Waals surface area (Å²) in [6.45, 7) is 12.2. The Bertz CT molecular complexity index is 1470. The number of nitrogens with zero attached hydrogens (tertiary/aromatic N) is 5. The van der Waals surface area contributed by atoms with Gasteiger partial charge >= 0.3 is 6.09 Å². The van der Waals surface area contributed by atoms with Crippen LogP contribution in [0.1, 0.15) is 69.2 Å². The van der Waals surface area contributed by atoms with Crippen molar-refractivity contribution in [2.24, 2.45) is 7.05 Å². The summed E-state index contributed by atoms with van der Waals surface area (Å²) < 4.78 is 7.20. The van der Waals surface area contributed by atoms with Crippen LogP contribution in [0.4, 0.5) is 10.5 Å². The molecular formula is C31H39N5O3. The molecule has 0 spiro atoms. The molecule has 8 nitrogen and oxygen atoms in total. The molecule has 0 unspecified atom stereocenters. The van der Waals surface area contributed by atoms with Gasteiger partial charge in [-0.05, 0) is 75.3 Å². The number of likely N-dealkylation sites (tertiary alicyclic amines) is 1. The number of aryl methyl sites for hydroxylation is 1. The SMILES string of the molecule is C[C@@H]1CN(c2cc(=O)n(C)c3ncccc23)C[C@@H]2c3ccc(C4CCN(C(=O)OC(C)(C)C)CC4)cc3CN12. The number of rotatable bonds is 2. The number of ether oxygens (including phenoxy) is 1. The van der Waals surface area contributed by atoms with Crippen LogP contribution in [0, 0.1) is 0 Å². The minimum absolute atomic E-state index is 0.0273. The summed E-state index contributed by atoms with van der Waals surface area (Å²) in [6, 6.07) is 13.5. The van der Waals surface area contributed by atoms with E-state index in [9.17, 15) is 9.59 Å². The van der Waals surface area contributed by atoms with E-state index in [1.54, 1.807) is 23.9 Å². The van der Waals surface area contributed by atoms with E-state index in [1.165, 1.54) is 16.7 Å². The number of hydrogen-bond acceptors (Lipinski definition) is 6. The lowest BCUT2D eigenvalue weighted by molar-refractivity contribution is 0.0205. The van der Waals surface area contributed by atoms with Crippen LogP contribution >= 0.6 is 0 Å². The second kappa shape index (κ2) is 9.66. The number of hydrogen-bond donors (Lipinski definition) is 0. The van der Waals surface area contributed by atoms with E-state index >= 15 is 0 Å². The van der Waals surface area contributed by atoms with Crippen molar-refractivity contribution < 1.29 is 9.53 Å². The predicted molar refractivity (Wildman–Crippen MR) is 153 cm³/mol. The average molecular weight is 530 g/mol. The second-order valence-corrected chi connectivity index (χ2v) is 12.4. The van der Waals surface area contributed by atoms with Crippen LogP contribution in [0.3, 0.4) is 0 Å². The Kier molecular flexibility index (Phi) is 6.41. The minimum atomic E-state index is -0.466. The van der Waals surface area contributed by atoms with E-state index in [0.29, 0.717) is 18.0 Å². The number of carbonyl (C=O) groups is 1. The zero-order chi connectivity index (χ0) is 27.5. The van der Waals surface area contributed by atoms with Crippen molar-refractivity contribution >= 4 is 22.8 Å². The van der Waals surface area contributed by atoms with Gasteiger partial charge in [-0.1, -0.05) is 18.2 Å². The van der Waals surface area contributed by atoms with Gasteiger partial charge in [0.25, 0.3) is 5.56 Å². The first-order valence-corrected chi connectivity index (χ1v) is 14.1. The number of benzene rings is 1. The maximum absolute atomic E-state index is 12.8. The predicted octanol–water partition coefficient (Wildman–Crippen LogP) is 4.81. The van der Waals surface area contributed by atoms with Crippen LogP contribution in [0.15, 0.2) is 47.4 Å². The Morgan fingerprint density at radius 3 is 2.59 bits per heavy atom. The highest BCUT2D eigenvalue weighted by Crippen LogP contribution is 2.42. The van der Waals surface area contributed by atoms with Crippen LogP contribution < -0.4 is 10.5 Å². The monoisotopic (exact) mass is 529 g/mol. The van der Waals surface area contributed by atoms with E-state index in [1.807, 2.05) is 31.7 Å². The van der Waals surface area contributed by atoms with Crippen molar-refractivity contribution in [2.45, 2.75) is 70.7 Å². The molecule has 2 atom stereocenters. The second-order valence-electron chi connectivity index (χ2n) is 12.4. The first-order chi connectivity index (χ1) is 18.6. The molecule has 2 aromatic heterocycles. The van der Waals surface area contributed by atoms with Crippen LogP contribution in [0.2, 0.25) is 0 Å². The molecule has 206 valence electrons. The zero-order valence-electron chi connectivity index (χ0n) is 23.7. The van der Waals surface area contributed by atoms with Gasteiger partial charge in [0.05, 0.1) is 11.7 Å². The van der Waals surface area contributed by atoms with Crippen LogP contribution in [-0.4, -0.2) is 63.3 Å². The summed E-state index contributed by atoms with van der Waals surface area (Å²) in [5.41, 5.74) is 5.40. The molecule has 2 fully saturated rings. The van der Waals surface area contributed by atoms with Gasteiger partial charge in [0, 0.05) is 63.5 Å². The maximum Gasteiger partial charge on any atom is 0.410 e. The Morgan fingerprint density at radius 1 is 1.08 bits per heavy atom. The van der Waals surface area contributed by atoms with Crippen LogP contribution in [-0.2, 0) is 18.3 Å². The van der Waals surface area contributed by atoms with E-state index < -0.39 is 5.60 Å². The third-order valence-corrected chi connectivity index (χ3v) is 8.65. The number of pyridine rings is 2. The van der Waals surface area contributed by atoms with Crippen molar-refractivity contribution in [3.05, 3.63) is 69.6 Å². The largest absolute Gasteiger partial charge is 0.444 e. The number of fused-ring (bicyclic) bond motifs is 4. The molecule has 3 aromatic rings. The Hall–Kier alpha value is -3.39. The Balaban J connectivity index is 1.20. The average Bonchev–Trinajstić information content (AvgIpc) is 3.28. The third kappa shape index (κ3) is 4.80. The fourth-order valence-electron chi connectivity index (χ4n) is 6.64. The highest BCUT2D eigenvalue weighted by Gasteiger charge is 2.40. The van der Waals surface area contributed by atoms with Crippen molar-refractivity contribution in [3.63, 3.8) is 0 Å². The Morgan fingerprint density at radius 2 is 1.85 bits per heavy atom. The lowest BCUT2D eigenvalue weighted by atomic mass is 9.87. The van der Waals surface area contributed by atoms with Gasteiger partial charge in [-0.25, -0.2) is 9.78 Å². The number of piperazine rings is 1. The van der Waals surface area contributed by atoms with Gasteiger partial charge in [-0.15, -0.1) is 0 Å². The quantitative estimate of drug-likeness (QED) is 0.474. The molecule has 1 aromatic carbocycles. The van der Waals surface area contributed by atoms with Gasteiger partial charge in [0.1, 0.15) is 11.2 Å². The molecule has 6 rings (SSSR count). The maximum atomic E-state index is 12.8. The van der Waals surface area contributed by atoms with Crippen LogP contribution in [0.25, 0.3) is 11.0 Å². The fourth-order valence-corrected chi connectivity index (χ4v) is 6.64. The highest BCUT2D eigenvalue weighted by atomic mass is 16.6. The minimum Gasteiger partial charge on any atom is -0.444 e. The van der Waals surface area contributed by atoms with Crippen molar-refractivity contribution in [1.82, 2.24) is 19.4 Å². The van der Waals surface area contributed by atoms with E-state index in [4.69, 9.17) is 4.74 Å². The normalized spacial score (nSPS) is 22.2. The van der Waals surface area contributed by atoms with Crippen molar-refractivity contribution in [3.8, 4) is 0 Å². The first kappa shape index (κ1) is 25.9. The highest BCUT2D eigenvalue weighted by molar-refractivity contribution is 5.89. The molecule has 0 aliphatic carbocycles. The van der Waals surface area contributed by atoms with Gasteiger partial charge in [-0.3, -0.25) is 14.3 Å². The third-order valence-electron chi connectivity index (χ3n) is 8.65. The van der Waals surface area contributed by atoms with Crippen molar-refractivity contribution in [2.75, 3.05) is 31.1 Å². The Labute approximate surface area is 230 Å². The molecular weight excluding hydrogens is 490 g/mol.